The smallest absolute Gasteiger partial charge is 0.327 e. The molecule has 0 aliphatic carbocycles. The molecule has 0 heterocycles. The summed E-state index contributed by atoms with van der Waals surface area (Å²) in [6.45, 7) is 12.7. The molecule has 0 fully saturated rings. The van der Waals surface area contributed by atoms with Crippen LogP contribution in [0.5, 0.6) is 0 Å². The van der Waals surface area contributed by atoms with Gasteiger partial charge >= 0.3 is 7.48 Å². The van der Waals surface area contributed by atoms with Crippen LogP contribution in [0, 0.1) is 0 Å². The van der Waals surface area contributed by atoms with Gasteiger partial charge < -0.3 is 5.02 Å². The summed E-state index contributed by atoms with van der Waals surface area (Å²) in [4.78, 5) is 15.5. The van der Waals surface area contributed by atoms with Gasteiger partial charge in [-0.15, -0.1) is 0 Å². The molecule has 0 aliphatic rings. The molecule has 3 radical (unpaired) electrons. The number of hydrazine groups is 1. The Morgan fingerprint density at radius 3 is 1.83 bits per heavy atom. The van der Waals surface area contributed by atoms with Gasteiger partial charge in [0.2, 0.25) is 0 Å². The lowest BCUT2D eigenvalue weighted by Crippen LogP contribution is -2.42. The number of carbonyl (C=O) groups is 1. The summed E-state index contributed by atoms with van der Waals surface area (Å²) in [7, 11) is 7.58. The number of fused-ring (bicyclic) bond motifs is 2. The van der Waals surface area contributed by atoms with E-state index in [1.807, 2.05) is 47.5 Å². The predicted molar refractivity (Wildman–Crippen MR) is 227 cm³/mol. The van der Waals surface area contributed by atoms with Gasteiger partial charge in [0.1, 0.15) is 7.85 Å². The third-order valence-corrected chi connectivity index (χ3v) is 9.64. The number of rotatable bonds is 15. The van der Waals surface area contributed by atoms with Gasteiger partial charge in [-0.05, 0) is 81.2 Å². The Hall–Kier alpha value is -5.46. The maximum Gasteiger partial charge on any atom is 0.327 e. The quantitative estimate of drug-likeness (QED) is 0.0376. The van der Waals surface area contributed by atoms with Crippen molar-refractivity contribution in [3.63, 3.8) is 0 Å². The Kier molecular flexibility index (Phi) is 12.8. The molecule has 0 saturated heterocycles. The zero-order chi connectivity index (χ0) is 38.0. The monoisotopic (exact) mass is 706 g/mol. The molecule has 1 amide bonds. The van der Waals surface area contributed by atoms with E-state index in [1.165, 1.54) is 24.2 Å². The molecule has 0 aromatic heterocycles. The molecule has 7 heteroatoms. The van der Waals surface area contributed by atoms with Gasteiger partial charge in [0.15, 0.2) is 0 Å². The Labute approximate surface area is 322 Å². The summed E-state index contributed by atoms with van der Waals surface area (Å²) < 4.78 is 0. The lowest BCUT2D eigenvalue weighted by atomic mass is 9.84. The van der Waals surface area contributed by atoms with Gasteiger partial charge in [-0.3, -0.25) is 15.1 Å². The Morgan fingerprint density at radius 1 is 0.704 bits per heavy atom. The molecular formula is C47H46B2N3O2. The standard InChI is InChI=1S/C47H46B2N3O2/c1-33(2)14-13-15-35-24-26-36(27-25-35)28-51(29-38-17-6-12-23-46(38)49-54)31-43-39-18-7-9-20-41(39)44(42-21-10-8-19-40(42)43)32-52(50-47(53)34(3)4)30-37-16-5-11-22-45(37)48/h5-27,54H,3,28-32H2,1-2,4H3,(H,50,53)/b15-13-. The van der Waals surface area contributed by atoms with Crippen LogP contribution in [0.15, 0.2) is 151 Å². The second-order valence-electron chi connectivity index (χ2n) is 14.1. The summed E-state index contributed by atoms with van der Waals surface area (Å²) in [6.07, 6.45) is 6.32. The third-order valence-electron chi connectivity index (χ3n) is 9.64. The minimum absolute atomic E-state index is 0.234. The van der Waals surface area contributed by atoms with Gasteiger partial charge in [0.05, 0.1) is 0 Å². The highest BCUT2D eigenvalue weighted by molar-refractivity contribution is 6.46. The number of allylic oxidation sites excluding steroid dienone is 3. The fourth-order valence-corrected chi connectivity index (χ4v) is 6.88. The lowest BCUT2D eigenvalue weighted by Gasteiger charge is -2.28. The minimum Gasteiger partial charge on any atom is -0.450 e. The first-order chi connectivity index (χ1) is 26.2. The normalized spacial score (nSPS) is 11.4. The topological polar surface area (TPSA) is 55.8 Å². The summed E-state index contributed by atoms with van der Waals surface area (Å²) >= 11 is 0. The first kappa shape index (κ1) is 38.3. The summed E-state index contributed by atoms with van der Waals surface area (Å²) in [5, 5.41) is 16.6. The molecule has 0 saturated carbocycles. The van der Waals surface area contributed by atoms with Crippen molar-refractivity contribution in [2.45, 2.75) is 53.5 Å². The Balaban J connectivity index is 1.42. The van der Waals surface area contributed by atoms with Crippen LogP contribution >= 0.6 is 0 Å². The van der Waals surface area contributed by atoms with Crippen LogP contribution in [-0.2, 0) is 37.5 Å². The van der Waals surface area contributed by atoms with Crippen LogP contribution in [0.1, 0.15) is 54.2 Å². The van der Waals surface area contributed by atoms with E-state index in [1.54, 1.807) is 6.92 Å². The number of nitrogens with one attached hydrogen (secondary N) is 1. The van der Waals surface area contributed by atoms with E-state index in [-0.39, 0.29) is 5.91 Å². The van der Waals surface area contributed by atoms with Crippen molar-refractivity contribution in [1.82, 2.24) is 15.3 Å². The van der Waals surface area contributed by atoms with E-state index in [4.69, 9.17) is 7.85 Å². The number of carbonyl (C=O) groups excluding carboxylic acids is 1. The van der Waals surface area contributed by atoms with Crippen molar-refractivity contribution < 1.29 is 9.82 Å². The van der Waals surface area contributed by atoms with Crippen molar-refractivity contribution in [3.8, 4) is 0 Å². The highest BCUT2D eigenvalue weighted by Crippen LogP contribution is 2.35. The zero-order valence-corrected chi connectivity index (χ0v) is 31.4. The fraction of sp³-hybridized carbons (Fsp3) is 0.170. The molecule has 0 atom stereocenters. The predicted octanol–water partition coefficient (Wildman–Crippen LogP) is 7.81. The molecule has 0 bridgehead atoms. The molecule has 0 aliphatic heterocycles. The van der Waals surface area contributed by atoms with E-state index < -0.39 is 0 Å². The van der Waals surface area contributed by atoms with Crippen molar-refractivity contribution in [2.24, 2.45) is 0 Å². The molecule has 54 heavy (non-hydrogen) atoms. The van der Waals surface area contributed by atoms with Gasteiger partial charge in [0.25, 0.3) is 5.91 Å². The first-order valence-corrected chi connectivity index (χ1v) is 18.3. The average molecular weight is 707 g/mol. The van der Waals surface area contributed by atoms with Crippen LogP contribution < -0.4 is 16.4 Å². The highest BCUT2D eigenvalue weighted by Gasteiger charge is 2.21. The second kappa shape index (κ2) is 18.0. The maximum atomic E-state index is 13.0. The molecule has 0 spiro atoms. The minimum atomic E-state index is -0.234. The molecule has 2 N–H and O–H groups in total. The van der Waals surface area contributed by atoms with Crippen LogP contribution in [0.3, 0.4) is 0 Å². The van der Waals surface area contributed by atoms with Crippen molar-refractivity contribution >= 4 is 59.8 Å². The van der Waals surface area contributed by atoms with Crippen molar-refractivity contribution in [2.75, 3.05) is 0 Å². The van der Waals surface area contributed by atoms with Crippen LogP contribution in [-0.4, -0.2) is 36.2 Å². The second-order valence-corrected chi connectivity index (χ2v) is 14.1. The summed E-state index contributed by atoms with van der Waals surface area (Å²) in [5.74, 6) is -0.234. The lowest BCUT2D eigenvalue weighted by molar-refractivity contribution is -0.122. The van der Waals surface area contributed by atoms with E-state index in [9.17, 15) is 9.82 Å². The molecule has 0 unspecified atom stereocenters. The fourth-order valence-electron chi connectivity index (χ4n) is 6.88. The van der Waals surface area contributed by atoms with Crippen LogP contribution in [0.4, 0.5) is 0 Å². The Morgan fingerprint density at radius 2 is 1.26 bits per heavy atom. The number of benzene rings is 6. The zero-order valence-electron chi connectivity index (χ0n) is 31.4. The summed E-state index contributed by atoms with van der Waals surface area (Å²) in [6, 6.07) is 41.6. The molecule has 6 aromatic rings. The van der Waals surface area contributed by atoms with E-state index in [0.29, 0.717) is 43.8 Å². The molecule has 6 rings (SSSR count). The molecule has 267 valence electrons. The Bertz CT molecular complexity index is 2270. The average Bonchev–Trinajstić information content (AvgIpc) is 3.17. The van der Waals surface area contributed by atoms with Gasteiger partial charge in [-0.2, -0.15) is 0 Å². The van der Waals surface area contributed by atoms with Gasteiger partial charge in [-0.25, -0.2) is 5.01 Å². The van der Waals surface area contributed by atoms with Gasteiger partial charge in [-0.1, -0.05) is 157 Å². The van der Waals surface area contributed by atoms with Gasteiger partial charge in [0, 0.05) is 38.3 Å². The van der Waals surface area contributed by atoms with Crippen LogP contribution in [0.25, 0.3) is 27.6 Å². The molecule has 6 aromatic carbocycles. The molecule has 5 nitrogen and oxygen atoms in total. The number of amides is 1. The number of nitrogens with zero attached hydrogens (tertiary/aromatic N) is 2. The largest absolute Gasteiger partial charge is 0.450 e. The first-order valence-electron chi connectivity index (χ1n) is 18.3. The molecular weight excluding hydrogens is 660 g/mol. The number of hydrogen-bond acceptors (Lipinski definition) is 4. The summed E-state index contributed by atoms with van der Waals surface area (Å²) in [5.41, 5.74) is 13.0. The SMILES string of the molecule is [B]c1ccccc1CN(Cc1c2ccccc2c(CN(Cc2ccc(/C=C\C=C(C)C)cc2)Cc2ccccc2[B]O)c2ccccc12)NC(=O)C(=C)C. The maximum absolute atomic E-state index is 13.0. The van der Waals surface area contributed by atoms with Crippen molar-refractivity contribution in [1.29, 1.82) is 0 Å². The van der Waals surface area contributed by atoms with Crippen molar-refractivity contribution in [3.05, 3.63) is 185 Å². The highest BCUT2D eigenvalue weighted by atomic mass is 16.2. The third kappa shape index (κ3) is 9.55. The van der Waals surface area contributed by atoms with E-state index >= 15 is 0 Å². The van der Waals surface area contributed by atoms with Crippen LogP contribution in [0.2, 0.25) is 0 Å². The number of hydrogen-bond donors (Lipinski definition) is 2. The van der Waals surface area contributed by atoms with E-state index in [0.717, 1.165) is 49.3 Å². The van der Waals surface area contributed by atoms with E-state index in [2.05, 4.69) is 128 Å².